The van der Waals surface area contributed by atoms with E-state index in [9.17, 15) is 9.59 Å². The van der Waals surface area contributed by atoms with Crippen molar-refractivity contribution in [2.24, 2.45) is 0 Å². The lowest BCUT2D eigenvalue weighted by Crippen LogP contribution is -2.16. The van der Waals surface area contributed by atoms with Gasteiger partial charge in [0.25, 0.3) is 0 Å². The third-order valence-electron chi connectivity index (χ3n) is 3.30. The summed E-state index contributed by atoms with van der Waals surface area (Å²) in [6, 6.07) is 15.6. The van der Waals surface area contributed by atoms with Crippen molar-refractivity contribution in [3.63, 3.8) is 0 Å². The van der Waals surface area contributed by atoms with E-state index in [1.807, 2.05) is 48.5 Å². The Morgan fingerprint density at radius 3 is 2.24 bits per heavy atom. The van der Waals surface area contributed by atoms with Crippen molar-refractivity contribution in [3.8, 4) is 0 Å². The minimum atomic E-state index is -0.297. The quantitative estimate of drug-likeness (QED) is 0.647. The van der Waals surface area contributed by atoms with Gasteiger partial charge >= 0.3 is 0 Å². The number of halogens is 1. The summed E-state index contributed by atoms with van der Waals surface area (Å²) < 4.78 is 0. The van der Waals surface area contributed by atoms with Crippen molar-refractivity contribution in [2.75, 3.05) is 10.6 Å². The minimum absolute atomic E-state index is 0.0276. The van der Waals surface area contributed by atoms with Gasteiger partial charge in [-0.25, -0.2) is 0 Å². The number of nitrogens with one attached hydrogen (secondary N) is 2. The van der Waals surface area contributed by atoms with Crippen LogP contribution in [0.2, 0.25) is 0 Å². The molecule has 2 amide bonds. The van der Waals surface area contributed by atoms with E-state index in [0.717, 1.165) is 11.1 Å². The number of carbonyl (C=O) groups is 2. The number of anilines is 2. The van der Waals surface area contributed by atoms with Crippen LogP contribution in [-0.2, 0) is 9.59 Å². The Kier molecular flexibility index (Phi) is 3.75. The number of fused-ring (bicyclic) bond motifs is 1. The van der Waals surface area contributed by atoms with Crippen LogP contribution in [0.25, 0.3) is 0 Å². The molecule has 1 aliphatic heterocycles. The van der Waals surface area contributed by atoms with Gasteiger partial charge in [-0.05, 0) is 23.3 Å². The van der Waals surface area contributed by atoms with E-state index < -0.39 is 0 Å². The third kappa shape index (κ3) is 2.97. The highest BCUT2D eigenvalue weighted by Gasteiger charge is 2.19. The molecule has 0 fully saturated rings. The number of hydrogen-bond donors (Lipinski definition) is 2. The molecule has 0 saturated heterocycles. The van der Waals surface area contributed by atoms with Crippen molar-refractivity contribution in [2.45, 2.75) is 11.2 Å². The standard InChI is InChI=1S/C16H13BrN2O2/c17-16(10-4-2-1-3-5-10)11-6-7-12-13(8-11)19-15(21)9-14(20)18-12/h1-8,16H,9H2,(H,18,20)(H,19,21). The van der Waals surface area contributed by atoms with Gasteiger partial charge in [0.05, 0.1) is 16.2 Å². The second-order valence-electron chi connectivity index (χ2n) is 4.85. The van der Waals surface area contributed by atoms with Crippen molar-refractivity contribution >= 4 is 39.1 Å². The van der Waals surface area contributed by atoms with E-state index >= 15 is 0 Å². The molecule has 0 spiro atoms. The average molecular weight is 345 g/mol. The summed E-state index contributed by atoms with van der Waals surface area (Å²) in [7, 11) is 0. The average Bonchev–Trinajstić information content (AvgIpc) is 2.63. The molecule has 106 valence electrons. The largest absolute Gasteiger partial charge is 0.324 e. The predicted molar refractivity (Wildman–Crippen MR) is 85.5 cm³/mol. The van der Waals surface area contributed by atoms with Gasteiger partial charge < -0.3 is 10.6 Å². The topological polar surface area (TPSA) is 58.2 Å². The third-order valence-corrected chi connectivity index (χ3v) is 4.36. The molecule has 5 heteroatoms. The second-order valence-corrected chi connectivity index (χ2v) is 5.77. The summed E-state index contributed by atoms with van der Waals surface area (Å²) in [6.07, 6.45) is -0.152. The van der Waals surface area contributed by atoms with Crippen LogP contribution in [0.4, 0.5) is 11.4 Å². The highest BCUT2D eigenvalue weighted by atomic mass is 79.9. The van der Waals surface area contributed by atoms with Crippen LogP contribution < -0.4 is 10.6 Å². The van der Waals surface area contributed by atoms with Crippen LogP contribution in [0.5, 0.6) is 0 Å². The summed E-state index contributed by atoms with van der Waals surface area (Å²) in [5.74, 6) is -0.591. The zero-order valence-electron chi connectivity index (χ0n) is 11.1. The smallest absolute Gasteiger partial charge is 0.233 e. The van der Waals surface area contributed by atoms with Gasteiger partial charge in [0.1, 0.15) is 6.42 Å². The fraction of sp³-hybridized carbons (Fsp3) is 0.125. The predicted octanol–water partition coefficient (Wildman–Crippen LogP) is 3.45. The molecular formula is C16H13BrN2O2. The normalized spacial score (nSPS) is 15.5. The van der Waals surface area contributed by atoms with Gasteiger partial charge in [-0.15, -0.1) is 0 Å². The Labute approximate surface area is 130 Å². The van der Waals surface area contributed by atoms with Crippen molar-refractivity contribution in [3.05, 3.63) is 59.7 Å². The lowest BCUT2D eigenvalue weighted by Gasteiger charge is -2.14. The van der Waals surface area contributed by atoms with Crippen molar-refractivity contribution < 1.29 is 9.59 Å². The minimum Gasteiger partial charge on any atom is -0.324 e. The van der Waals surface area contributed by atoms with Crippen molar-refractivity contribution in [1.82, 2.24) is 0 Å². The Hall–Kier alpha value is -2.14. The Morgan fingerprint density at radius 1 is 0.857 bits per heavy atom. The van der Waals surface area contributed by atoms with Crippen molar-refractivity contribution in [1.29, 1.82) is 0 Å². The van der Waals surface area contributed by atoms with Gasteiger partial charge in [0.15, 0.2) is 0 Å². The lowest BCUT2D eigenvalue weighted by molar-refractivity contribution is -0.123. The van der Waals surface area contributed by atoms with Gasteiger partial charge in [-0.3, -0.25) is 9.59 Å². The molecule has 1 heterocycles. The highest BCUT2D eigenvalue weighted by Crippen LogP contribution is 2.35. The fourth-order valence-electron chi connectivity index (χ4n) is 2.28. The molecule has 0 aromatic heterocycles. The number of amides is 2. The Balaban J connectivity index is 1.96. The number of carbonyl (C=O) groups excluding carboxylic acids is 2. The Bertz CT molecular complexity index is 701. The summed E-state index contributed by atoms with van der Waals surface area (Å²) in [5, 5.41) is 5.48. The number of alkyl halides is 1. The highest BCUT2D eigenvalue weighted by molar-refractivity contribution is 9.09. The summed E-state index contributed by atoms with van der Waals surface area (Å²) >= 11 is 3.67. The fourth-order valence-corrected chi connectivity index (χ4v) is 2.87. The van der Waals surface area contributed by atoms with Gasteiger partial charge in [0, 0.05) is 0 Å². The van der Waals surface area contributed by atoms with Crippen LogP contribution in [0.3, 0.4) is 0 Å². The number of hydrogen-bond acceptors (Lipinski definition) is 2. The van der Waals surface area contributed by atoms with E-state index in [4.69, 9.17) is 0 Å². The van der Waals surface area contributed by atoms with E-state index in [1.54, 1.807) is 0 Å². The maximum atomic E-state index is 11.6. The van der Waals surface area contributed by atoms with Gasteiger partial charge in [0.2, 0.25) is 11.8 Å². The maximum Gasteiger partial charge on any atom is 0.233 e. The van der Waals surface area contributed by atoms with E-state index in [2.05, 4.69) is 26.6 Å². The molecule has 1 atom stereocenters. The monoisotopic (exact) mass is 344 g/mol. The molecule has 1 unspecified atom stereocenters. The molecular weight excluding hydrogens is 332 g/mol. The van der Waals surface area contributed by atoms with Gasteiger partial charge in [-0.1, -0.05) is 52.3 Å². The first-order chi connectivity index (χ1) is 10.1. The second kappa shape index (κ2) is 5.69. The number of rotatable bonds is 2. The Morgan fingerprint density at radius 2 is 1.52 bits per heavy atom. The first-order valence-corrected chi connectivity index (χ1v) is 7.48. The first kappa shape index (κ1) is 13.8. The zero-order chi connectivity index (χ0) is 14.8. The zero-order valence-corrected chi connectivity index (χ0v) is 12.7. The molecule has 0 bridgehead atoms. The summed E-state index contributed by atoms with van der Waals surface area (Å²) in [6.45, 7) is 0. The van der Waals surface area contributed by atoms with Crippen LogP contribution in [-0.4, -0.2) is 11.8 Å². The van der Waals surface area contributed by atoms with E-state index in [-0.39, 0.29) is 23.1 Å². The number of benzene rings is 2. The molecule has 0 saturated carbocycles. The maximum absolute atomic E-state index is 11.6. The van der Waals surface area contributed by atoms with E-state index in [0.29, 0.717) is 11.4 Å². The molecule has 1 aliphatic rings. The SMILES string of the molecule is O=C1CC(=O)Nc2cc(C(Br)c3ccccc3)ccc2N1. The lowest BCUT2D eigenvalue weighted by atomic mass is 10.0. The summed E-state index contributed by atoms with van der Waals surface area (Å²) in [4.78, 5) is 23.2. The van der Waals surface area contributed by atoms with Crippen LogP contribution in [0.15, 0.2) is 48.5 Å². The van der Waals surface area contributed by atoms with Crippen LogP contribution >= 0.6 is 15.9 Å². The molecule has 4 nitrogen and oxygen atoms in total. The molecule has 2 aromatic rings. The van der Waals surface area contributed by atoms with Gasteiger partial charge in [-0.2, -0.15) is 0 Å². The van der Waals surface area contributed by atoms with Crippen LogP contribution in [0.1, 0.15) is 22.4 Å². The molecule has 0 radical (unpaired) electrons. The molecule has 0 aliphatic carbocycles. The molecule has 3 rings (SSSR count). The summed E-state index contributed by atoms with van der Waals surface area (Å²) in [5.41, 5.74) is 3.39. The molecule has 2 N–H and O–H groups in total. The van der Waals surface area contributed by atoms with Crippen LogP contribution in [0, 0.1) is 0 Å². The van der Waals surface area contributed by atoms with E-state index in [1.165, 1.54) is 0 Å². The molecule has 21 heavy (non-hydrogen) atoms. The first-order valence-electron chi connectivity index (χ1n) is 6.56. The molecule has 2 aromatic carbocycles.